The van der Waals surface area contributed by atoms with E-state index in [9.17, 15) is 14.0 Å². The van der Waals surface area contributed by atoms with Crippen molar-refractivity contribution in [2.24, 2.45) is 5.41 Å². The third-order valence-corrected chi connectivity index (χ3v) is 8.03. The second-order valence-electron chi connectivity index (χ2n) is 12.1. The lowest BCUT2D eigenvalue weighted by Crippen LogP contribution is -2.55. The van der Waals surface area contributed by atoms with Crippen LogP contribution in [0.25, 0.3) is 22.0 Å². The van der Waals surface area contributed by atoms with Crippen LogP contribution >= 0.6 is 11.6 Å². The molecule has 1 amide bonds. The average molecular weight is 589 g/mol. The number of nitrogens with zero attached hydrogens (tertiary/aromatic N) is 4. The van der Waals surface area contributed by atoms with Crippen molar-refractivity contribution in [3.8, 4) is 16.9 Å². The molecule has 1 aromatic heterocycles. The van der Waals surface area contributed by atoms with Gasteiger partial charge in [0, 0.05) is 54.8 Å². The molecule has 0 unspecified atom stereocenters. The fourth-order valence-corrected chi connectivity index (χ4v) is 6.04. The fourth-order valence-electron chi connectivity index (χ4n) is 5.75. The maximum atomic E-state index is 15.1. The molecule has 0 bridgehead atoms. The van der Waals surface area contributed by atoms with E-state index >= 15 is 4.39 Å². The van der Waals surface area contributed by atoms with E-state index in [0.717, 1.165) is 12.1 Å². The number of amides is 1. The summed E-state index contributed by atoms with van der Waals surface area (Å²) in [6.45, 7) is 9.83. The Balaban J connectivity index is 1.49. The van der Waals surface area contributed by atoms with Gasteiger partial charge in [-0.3, -0.25) is 4.57 Å². The maximum Gasteiger partial charge on any atom is 0.410 e. The van der Waals surface area contributed by atoms with Crippen molar-refractivity contribution in [2.45, 2.75) is 45.9 Å². The first-order chi connectivity index (χ1) is 19.4. The zero-order valence-corrected chi connectivity index (χ0v) is 24.1. The summed E-state index contributed by atoms with van der Waals surface area (Å²) in [5.74, 6) is -0.880. The van der Waals surface area contributed by atoms with Crippen molar-refractivity contribution >= 4 is 34.4 Å². The van der Waals surface area contributed by atoms with Crippen LogP contribution in [0, 0.1) is 17.0 Å². The van der Waals surface area contributed by atoms with E-state index in [0.29, 0.717) is 56.1 Å². The first-order valence-corrected chi connectivity index (χ1v) is 13.9. The Bertz CT molecular complexity index is 1620. The van der Waals surface area contributed by atoms with Crippen molar-refractivity contribution in [2.75, 3.05) is 44.4 Å². The fraction of sp³-hybridized carbons (Fsp3) is 0.483. The van der Waals surface area contributed by atoms with Crippen molar-refractivity contribution < 1.29 is 27.8 Å². The van der Waals surface area contributed by atoms with Gasteiger partial charge in [0.15, 0.2) is 5.75 Å². The molecule has 1 atom stereocenters. The molecule has 6 rings (SSSR count). The van der Waals surface area contributed by atoms with Crippen LogP contribution in [0.2, 0.25) is 5.02 Å². The molecule has 3 aliphatic heterocycles. The summed E-state index contributed by atoms with van der Waals surface area (Å²) < 4.78 is 47.8. The molecule has 4 heterocycles. The summed E-state index contributed by atoms with van der Waals surface area (Å²) in [6, 6.07) is 4.70. The van der Waals surface area contributed by atoms with Gasteiger partial charge >= 0.3 is 11.8 Å². The molecule has 0 saturated carbocycles. The predicted molar refractivity (Wildman–Crippen MR) is 150 cm³/mol. The highest BCUT2D eigenvalue weighted by atomic mass is 35.5. The lowest BCUT2D eigenvalue weighted by atomic mass is 9.87. The van der Waals surface area contributed by atoms with Gasteiger partial charge in [-0.25, -0.2) is 18.4 Å². The smallest absolute Gasteiger partial charge is 0.410 e. The molecule has 0 aliphatic carbocycles. The van der Waals surface area contributed by atoms with Crippen molar-refractivity contribution in [1.82, 2.24) is 14.5 Å². The summed E-state index contributed by atoms with van der Waals surface area (Å²) in [5, 5.41) is 0.734. The highest BCUT2D eigenvalue weighted by Crippen LogP contribution is 2.48. The summed E-state index contributed by atoms with van der Waals surface area (Å²) in [7, 11) is 0. The molecule has 0 N–H and O–H groups in total. The van der Waals surface area contributed by atoms with Crippen LogP contribution in [-0.2, 0) is 16.0 Å². The summed E-state index contributed by atoms with van der Waals surface area (Å²) >= 11 is 6.83. The summed E-state index contributed by atoms with van der Waals surface area (Å²) in [5.41, 5.74) is -0.818. The van der Waals surface area contributed by atoms with E-state index in [4.69, 9.17) is 25.8 Å². The molecule has 2 saturated heterocycles. The molecule has 41 heavy (non-hydrogen) atoms. The maximum absolute atomic E-state index is 15.1. The number of aromatic nitrogens is 2. The number of carbonyl (C=O) groups excluding carboxylic acids is 1. The van der Waals surface area contributed by atoms with Crippen molar-refractivity contribution in [3.63, 3.8) is 0 Å². The highest BCUT2D eigenvalue weighted by molar-refractivity contribution is 6.35. The molecule has 12 heteroatoms. The standard InChI is InChI=1S/C29H31ClF2N4O5/c1-16-11-34(27(38)41-28(2,3)4)7-8-35(16)25-19-10-20(30)22(18-6-5-17(31)9-21(18)32)24-23(19)36(26(37)33-25)12-29(15-40-24)13-39-14-29/h5-6,9-10,16H,7-8,11-15H2,1-4H3/t16-/m0/s1. The minimum Gasteiger partial charge on any atom is -0.490 e. The van der Waals surface area contributed by atoms with E-state index in [1.54, 1.807) is 15.5 Å². The number of benzene rings is 2. The van der Waals surface area contributed by atoms with Crippen LogP contribution in [0.1, 0.15) is 27.7 Å². The van der Waals surface area contributed by atoms with Crippen molar-refractivity contribution in [1.29, 1.82) is 0 Å². The second-order valence-corrected chi connectivity index (χ2v) is 12.5. The van der Waals surface area contributed by atoms with Gasteiger partial charge in [-0.05, 0) is 45.9 Å². The minimum absolute atomic E-state index is 0.0609. The predicted octanol–water partition coefficient (Wildman–Crippen LogP) is 4.85. The first kappa shape index (κ1) is 27.7. The topological polar surface area (TPSA) is 86.1 Å². The molecule has 1 spiro atoms. The summed E-state index contributed by atoms with van der Waals surface area (Å²) in [6.07, 6.45) is -0.402. The number of halogens is 3. The molecular weight excluding hydrogens is 558 g/mol. The Morgan fingerprint density at radius 2 is 1.93 bits per heavy atom. The summed E-state index contributed by atoms with van der Waals surface area (Å²) in [4.78, 5) is 34.5. The van der Waals surface area contributed by atoms with Gasteiger partial charge in [-0.15, -0.1) is 0 Å². The molecular formula is C29H31ClF2N4O5. The molecule has 3 aromatic rings. The van der Waals surface area contributed by atoms with Gasteiger partial charge < -0.3 is 24.0 Å². The largest absolute Gasteiger partial charge is 0.490 e. The zero-order chi connectivity index (χ0) is 29.3. The second kappa shape index (κ2) is 9.84. The lowest BCUT2D eigenvalue weighted by molar-refractivity contribution is -0.137. The molecule has 2 aromatic carbocycles. The normalized spacial score (nSPS) is 20.0. The zero-order valence-electron chi connectivity index (χ0n) is 23.3. The monoisotopic (exact) mass is 588 g/mol. The van der Waals surface area contributed by atoms with Crippen LogP contribution < -0.4 is 15.3 Å². The van der Waals surface area contributed by atoms with E-state index in [1.165, 1.54) is 6.07 Å². The average Bonchev–Trinajstić information content (AvgIpc) is 3.05. The van der Waals surface area contributed by atoms with Gasteiger partial charge in [-0.2, -0.15) is 4.98 Å². The molecule has 2 fully saturated rings. The van der Waals surface area contributed by atoms with E-state index in [1.807, 2.05) is 32.6 Å². The third kappa shape index (κ3) is 4.88. The van der Waals surface area contributed by atoms with Crippen molar-refractivity contribution in [3.05, 3.63) is 51.4 Å². The van der Waals surface area contributed by atoms with Crippen LogP contribution in [0.5, 0.6) is 5.75 Å². The van der Waals surface area contributed by atoms with Gasteiger partial charge in [0.1, 0.15) is 29.7 Å². The van der Waals surface area contributed by atoms with Gasteiger partial charge in [0.05, 0.1) is 29.2 Å². The van der Waals surface area contributed by atoms with E-state index in [2.05, 4.69) is 4.98 Å². The molecule has 9 nitrogen and oxygen atoms in total. The van der Waals surface area contributed by atoms with Gasteiger partial charge in [0.25, 0.3) is 0 Å². The van der Waals surface area contributed by atoms with E-state index < -0.39 is 34.4 Å². The number of ether oxygens (including phenoxy) is 3. The number of hydrogen-bond acceptors (Lipinski definition) is 7. The van der Waals surface area contributed by atoms with Gasteiger partial charge in [0.2, 0.25) is 0 Å². The molecule has 3 aliphatic rings. The quantitative estimate of drug-likeness (QED) is 0.423. The molecule has 218 valence electrons. The Hall–Kier alpha value is -3.44. The highest BCUT2D eigenvalue weighted by Gasteiger charge is 2.44. The number of piperazine rings is 1. The Morgan fingerprint density at radius 1 is 1.17 bits per heavy atom. The van der Waals surface area contributed by atoms with Crippen LogP contribution in [0.15, 0.2) is 29.1 Å². The third-order valence-electron chi connectivity index (χ3n) is 7.73. The number of hydrogen-bond donors (Lipinski definition) is 0. The number of anilines is 1. The Kier molecular flexibility index (Phi) is 6.65. The lowest BCUT2D eigenvalue weighted by Gasteiger charge is -2.41. The first-order valence-electron chi connectivity index (χ1n) is 13.5. The van der Waals surface area contributed by atoms with Crippen LogP contribution in [0.4, 0.5) is 19.4 Å². The Morgan fingerprint density at radius 3 is 2.56 bits per heavy atom. The Labute approximate surface area is 240 Å². The number of carbonyl (C=O) groups is 1. The molecule has 0 radical (unpaired) electrons. The van der Waals surface area contributed by atoms with Crippen LogP contribution in [0.3, 0.4) is 0 Å². The van der Waals surface area contributed by atoms with Gasteiger partial charge in [-0.1, -0.05) is 11.6 Å². The SMILES string of the molecule is C[C@H]1CN(C(=O)OC(C)(C)C)CCN1c1nc(=O)n2c3c(c(-c4ccc(F)cc4F)c(Cl)cc13)OCC1(COC1)C2. The van der Waals surface area contributed by atoms with E-state index in [-0.39, 0.29) is 34.5 Å². The number of rotatable bonds is 2. The van der Waals surface area contributed by atoms with Crippen LogP contribution in [-0.4, -0.2) is 71.6 Å². The minimum atomic E-state index is -0.799.